The van der Waals surface area contributed by atoms with Gasteiger partial charge in [0, 0.05) is 19.8 Å². The standard InChI is InChI=1S/C17H26N2O3/c1-13-5-2-3-6-15(13)22-10-4-9-19-17(20)16(18)14-7-11-21-12-8-14/h2-3,5-6,14,16H,4,7-12,18H2,1H3,(H,19,20). The number of ether oxygens (including phenoxy) is 2. The second-order valence-electron chi connectivity index (χ2n) is 5.73. The molecule has 1 atom stereocenters. The second kappa shape index (κ2) is 8.76. The number of para-hydroxylation sites is 1. The Morgan fingerprint density at radius 1 is 1.41 bits per heavy atom. The van der Waals surface area contributed by atoms with Crippen LogP contribution in [0.2, 0.25) is 0 Å². The predicted octanol–water partition coefficient (Wildman–Crippen LogP) is 1.63. The quantitative estimate of drug-likeness (QED) is 0.751. The summed E-state index contributed by atoms with van der Waals surface area (Å²) in [5.41, 5.74) is 7.14. The number of amides is 1. The molecule has 0 aromatic heterocycles. The van der Waals surface area contributed by atoms with Crippen LogP contribution >= 0.6 is 0 Å². The molecule has 0 aliphatic carbocycles. The molecule has 2 rings (SSSR count). The lowest BCUT2D eigenvalue weighted by molar-refractivity contribution is -0.124. The first kappa shape index (κ1) is 16.8. The van der Waals surface area contributed by atoms with Crippen LogP contribution in [-0.2, 0) is 9.53 Å². The lowest BCUT2D eigenvalue weighted by Gasteiger charge is -2.26. The van der Waals surface area contributed by atoms with Crippen molar-refractivity contribution >= 4 is 5.91 Å². The topological polar surface area (TPSA) is 73.6 Å². The maximum absolute atomic E-state index is 12.0. The number of benzene rings is 1. The normalized spacial score (nSPS) is 17.0. The summed E-state index contributed by atoms with van der Waals surface area (Å²) in [7, 11) is 0. The highest BCUT2D eigenvalue weighted by Gasteiger charge is 2.26. The van der Waals surface area contributed by atoms with E-state index in [4.69, 9.17) is 15.2 Å². The Morgan fingerprint density at radius 3 is 2.86 bits per heavy atom. The molecule has 1 fully saturated rings. The first-order chi connectivity index (χ1) is 10.7. The molecule has 1 amide bonds. The van der Waals surface area contributed by atoms with Crippen molar-refractivity contribution in [2.75, 3.05) is 26.4 Å². The van der Waals surface area contributed by atoms with E-state index < -0.39 is 6.04 Å². The van der Waals surface area contributed by atoms with Crippen molar-refractivity contribution in [1.29, 1.82) is 0 Å². The third-order valence-electron chi connectivity index (χ3n) is 4.05. The molecule has 22 heavy (non-hydrogen) atoms. The zero-order chi connectivity index (χ0) is 15.8. The van der Waals surface area contributed by atoms with Gasteiger partial charge in [-0.1, -0.05) is 18.2 Å². The minimum atomic E-state index is -0.429. The molecule has 0 radical (unpaired) electrons. The Labute approximate surface area is 132 Å². The smallest absolute Gasteiger partial charge is 0.237 e. The van der Waals surface area contributed by atoms with Gasteiger partial charge in [0.2, 0.25) is 5.91 Å². The van der Waals surface area contributed by atoms with Gasteiger partial charge in [-0.2, -0.15) is 0 Å². The SMILES string of the molecule is Cc1ccccc1OCCCNC(=O)C(N)C1CCOCC1. The molecule has 122 valence electrons. The van der Waals surface area contributed by atoms with Crippen molar-refractivity contribution in [3.63, 3.8) is 0 Å². The molecule has 0 spiro atoms. The Balaban J connectivity index is 1.61. The average Bonchev–Trinajstić information content (AvgIpc) is 2.56. The third-order valence-corrected chi connectivity index (χ3v) is 4.05. The molecule has 0 saturated carbocycles. The van der Waals surface area contributed by atoms with Gasteiger partial charge in [0.05, 0.1) is 12.6 Å². The molecule has 1 aliphatic heterocycles. The largest absolute Gasteiger partial charge is 0.493 e. The molecule has 3 N–H and O–H groups in total. The number of aryl methyl sites for hydroxylation is 1. The summed E-state index contributed by atoms with van der Waals surface area (Å²) >= 11 is 0. The Hall–Kier alpha value is -1.59. The van der Waals surface area contributed by atoms with Gasteiger partial charge in [0.25, 0.3) is 0 Å². The van der Waals surface area contributed by atoms with Gasteiger partial charge in [0.15, 0.2) is 0 Å². The minimum absolute atomic E-state index is 0.0669. The van der Waals surface area contributed by atoms with E-state index in [1.165, 1.54) is 0 Å². The zero-order valence-corrected chi connectivity index (χ0v) is 13.2. The molecule has 1 saturated heterocycles. The van der Waals surface area contributed by atoms with Crippen LogP contribution < -0.4 is 15.8 Å². The van der Waals surface area contributed by atoms with Gasteiger partial charge < -0.3 is 20.5 Å². The van der Waals surface area contributed by atoms with Gasteiger partial charge in [-0.15, -0.1) is 0 Å². The van der Waals surface area contributed by atoms with E-state index in [9.17, 15) is 4.79 Å². The van der Waals surface area contributed by atoms with Gasteiger partial charge >= 0.3 is 0 Å². The van der Waals surface area contributed by atoms with Crippen molar-refractivity contribution in [3.8, 4) is 5.75 Å². The number of nitrogens with one attached hydrogen (secondary N) is 1. The Kier molecular flexibility index (Phi) is 6.68. The molecule has 5 heteroatoms. The van der Waals surface area contributed by atoms with Gasteiger partial charge in [-0.05, 0) is 43.7 Å². The summed E-state index contributed by atoms with van der Waals surface area (Å²) in [5.74, 6) is 1.06. The number of rotatable bonds is 7. The average molecular weight is 306 g/mol. The van der Waals surface area contributed by atoms with Crippen molar-refractivity contribution in [3.05, 3.63) is 29.8 Å². The number of carbonyl (C=O) groups is 1. The number of hydrogen-bond donors (Lipinski definition) is 2. The predicted molar refractivity (Wildman–Crippen MR) is 85.8 cm³/mol. The van der Waals surface area contributed by atoms with Crippen LogP contribution in [0.4, 0.5) is 0 Å². The summed E-state index contributed by atoms with van der Waals surface area (Å²) in [6, 6.07) is 7.48. The summed E-state index contributed by atoms with van der Waals surface area (Å²) in [6.45, 7) is 4.59. The molecular formula is C17H26N2O3. The number of carbonyl (C=O) groups excluding carboxylic acids is 1. The second-order valence-corrected chi connectivity index (χ2v) is 5.73. The minimum Gasteiger partial charge on any atom is -0.493 e. The maximum atomic E-state index is 12.0. The molecule has 0 bridgehead atoms. The third kappa shape index (κ3) is 5.00. The fraction of sp³-hybridized carbons (Fsp3) is 0.588. The van der Waals surface area contributed by atoms with E-state index in [2.05, 4.69) is 5.32 Å². The lowest BCUT2D eigenvalue weighted by Crippen LogP contribution is -2.47. The highest BCUT2D eigenvalue weighted by molar-refractivity contribution is 5.81. The summed E-state index contributed by atoms with van der Waals surface area (Å²) < 4.78 is 11.0. The molecule has 1 aliphatic rings. The van der Waals surface area contributed by atoms with Crippen LogP contribution in [0, 0.1) is 12.8 Å². The van der Waals surface area contributed by atoms with Crippen LogP contribution in [0.3, 0.4) is 0 Å². The summed E-state index contributed by atoms with van der Waals surface area (Å²) in [6.07, 6.45) is 2.50. The van der Waals surface area contributed by atoms with Crippen LogP contribution in [-0.4, -0.2) is 38.3 Å². The van der Waals surface area contributed by atoms with Crippen LogP contribution in [0.1, 0.15) is 24.8 Å². The van der Waals surface area contributed by atoms with E-state index in [1.54, 1.807) is 0 Å². The molecule has 1 aromatic rings. The van der Waals surface area contributed by atoms with Crippen molar-refractivity contribution in [1.82, 2.24) is 5.32 Å². The first-order valence-corrected chi connectivity index (χ1v) is 7.98. The number of hydrogen-bond acceptors (Lipinski definition) is 4. The van der Waals surface area contributed by atoms with E-state index in [0.29, 0.717) is 26.4 Å². The lowest BCUT2D eigenvalue weighted by atomic mass is 9.92. The zero-order valence-electron chi connectivity index (χ0n) is 13.2. The number of nitrogens with two attached hydrogens (primary N) is 1. The summed E-state index contributed by atoms with van der Waals surface area (Å²) in [5, 5.41) is 2.90. The van der Waals surface area contributed by atoms with E-state index in [1.807, 2.05) is 31.2 Å². The van der Waals surface area contributed by atoms with Crippen LogP contribution in [0.25, 0.3) is 0 Å². The maximum Gasteiger partial charge on any atom is 0.237 e. The van der Waals surface area contributed by atoms with Crippen LogP contribution in [0.5, 0.6) is 5.75 Å². The molecule has 1 heterocycles. The monoisotopic (exact) mass is 306 g/mol. The van der Waals surface area contributed by atoms with Crippen molar-refractivity contribution < 1.29 is 14.3 Å². The van der Waals surface area contributed by atoms with E-state index >= 15 is 0 Å². The van der Waals surface area contributed by atoms with E-state index in [0.717, 1.165) is 30.6 Å². The van der Waals surface area contributed by atoms with Crippen molar-refractivity contribution in [2.24, 2.45) is 11.7 Å². The van der Waals surface area contributed by atoms with Gasteiger partial charge in [-0.25, -0.2) is 0 Å². The summed E-state index contributed by atoms with van der Waals surface area (Å²) in [4.78, 5) is 12.0. The van der Waals surface area contributed by atoms with Crippen LogP contribution in [0.15, 0.2) is 24.3 Å². The molecule has 1 unspecified atom stereocenters. The molecular weight excluding hydrogens is 280 g/mol. The highest BCUT2D eigenvalue weighted by atomic mass is 16.5. The molecule has 1 aromatic carbocycles. The van der Waals surface area contributed by atoms with Gasteiger partial charge in [0.1, 0.15) is 5.75 Å². The fourth-order valence-corrected chi connectivity index (χ4v) is 2.59. The fourth-order valence-electron chi connectivity index (χ4n) is 2.59. The Morgan fingerprint density at radius 2 is 2.14 bits per heavy atom. The van der Waals surface area contributed by atoms with Crippen molar-refractivity contribution in [2.45, 2.75) is 32.2 Å². The van der Waals surface area contributed by atoms with Gasteiger partial charge in [-0.3, -0.25) is 4.79 Å². The van der Waals surface area contributed by atoms with E-state index in [-0.39, 0.29) is 11.8 Å². The molecule has 5 nitrogen and oxygen atoms in total. The first-order valence-electron chi connectivity index (χ1n) is 7.98. The highest BCUT2D eigenvalue weighted by Crippen LogP contribution is 2.18. The Bertz CT molecular complexity index is 473.